The quantitative estimate of drug-likeness (QED) is 0.750. The summed E-state index contributed by atoms with van der Waals surface area (Å²) in [5, 5.41) is 4.59. The van der Waals surface area contributed by atoms with E-state index in [2.05, 4.69) is 35.0 Å². The number of hydrogen-bond acceptors (Lipinski definition) is 1. The van der Waals surface area contributed by atoms with Crippen LogP contribution in [0.4, 0.5) is 4.39 Å². The van der Waals surface area contributed by atoms with Crippen LogP contribution in [0.1, 0.15) is 18.2 Å². The van der Waals surface area contributed by atoms with Crippen LogP contribution in [0.2, 0.25) is 0 Å². The lowest BCUT2D eigenvalue weighted by Crippen LogP contribution is -2.15. The maximum absolute atomic E-state index is 13.4. The molecule has 1 heterocycles. The average molecular weight is 282 g/mol. The first kappa shape index (κ1) is 13.8. The number of fused-ring (bicyclic) bond motifs is 1. The third-order valence-electron chi connectivity index (χ3n) is 3.68. The van der Waals surface area contributed by atoms with Gasteiger partial charge in [-0.1, -0.05) is 37.3 Å². The fourth-order valence-electron chi connectivity index (χ4n) is 2.67. The molecule has 0 spiro atoms. The summed E-state index contributed by atoms with van der Waals surface area (Å²) in [5.41, 5.74) is 3.39. The Morgan fingerprint density at radius 1 is 1.05 bits per heavy atom. The molecular weight excluding hydrogens is 263 g/mol. The van der Waals surface area contributed by atoms with Crippen LogP contribution >= 0.6 is 0 Å². The summed E-state index contributed by atoms with van der Waals surface area (Å²) in [6.45, 7) is 4.54. The number of rotatable bonds is 5. The lowest BCUT2D eigenvalue weighted by Gasteiger charge is -2.11. The van der Waals surface area contributed by atoms with Crippen molar-refractivity contribution in [2.45, 2.75) is 20.0 Å². The molecule has 2 nitrogen and oxygen atoms in total. The molecule has 1 aromatic heterocycles. The van der Waals surface area contributed by atoms with Crippen molar-refractivity contribution in [3.63, 3.8) is 0 Å². The molecule has 0 saturated carbocycles. The first-order valence-corrected chi connectivity index (χ1v) is 7.30. The van der Waals surface area contributed by atoms with E-state index in [0.29, 0.717) is 6.54 Å². The minimum Gasteiger partial charge on any atom is -0.339 e. The highest BCUT2D eigenvalue weighted by atomic mass is 19.1. The molecule has 3 heteroatoms. The highest BCUT2D eigenvalue weighted by molar-refractivity contribution is 5.81. The van der Waals surface area contributed by atoms with Gasteiger partial charge in [0.2, 0.25) is 0 Å². The molecule has 2 aromatic carbocycles. The summed E-state index contributed by atoms with van der Waals surface area (Å²) in [5.74, 6) is -0.183. The molecule has 0 atom stereocenters. The highest BCUT2D eigenvalue weighted by Crippen LogP contribution is 2.21. The molecule has 0 saturated heterocycles. The molecule has 0 radical (unpaired) electrons. The van der Waals surface area contributed by atoms with Crippen LogP contribution in [-0.4, -0.2) is 11.1 Å². The van der Waals surface area contributed by atoms with Crippen LogP contribution in [0, 0.1) is 5.82 Å². The Bertz CT molecular complexity index is 746. The Balaban J connectivity index is 2.02. The van der Waals surface area contributed by atoms with Crippen LogP contribution in [0.15, 0.2) is 54.6 Å². The van der Waals surface area contributed by atoms with Gasteiger partial charge in [-0.15, -0.1) is 0 Å². The van der Waals surface area contributed by atoms with E-state index in [9.17, 15) is 4.39 Å². The summed E-state index contributed by atoms with van der Waals surface area (Å²) in [6, 6.07) is 17.3. The average Bonchev–Trinajstić information content (AvgIpc) is 2.83. The predicted molar refractivity (Wildman–Crippen MR) is 84.8 cm³/mol. The van der Waals surface area contributed by atoms with Gasteiger partial charge in [0, 0.05) is 24.3 Å². The Hall–Kier alpha value is -2.13. The third-order valence-corrected chi connectivity index (χ3v) is 3.68. The van der Waals surface area contributed by atoms with Crippen molar-refractivity contribution in [2.24, 2.45) is 0 Å². The highest BCUT2D eigenvalue weighted by Gasteiger charge is 2.09. The maximum atomic E-state index is 13.4. The van der Waals surface area contributed by atoms with Gasteiger partial charge in [-0.2, -0.15) is 0 Å². The Morgan fingerprint density at radius 3 is 2.71 bits per heavy atom. The molecular formula is C18H19FN2. The largest absolute Gasteiger partial charge is 0.339 e. The molecule has 1 N–H and O–H groups in total. The summed E-state index contributed by atoms with van der Waals surface area (Å²) >= 11 is 0. The van der Waals surface area contributed by atoms with Crippen LogP contribution in [0.3, 0.4) is 0 Å². The van der Waals surface area contributed by atoms with E-state index in [1.807, 2.05) is 18.2 Å². The normalized spacial score (nSPS) is 11.1. The number of benzene rings is 2. The summed E-state index contributed by atoms with van der Waals surface area (Å²) in [7, 11) is 0. The zero-order valence-corrected chi connectivity index (χ0v) is 12.1. The van der Waals surface area contributed by atoms with Crippen molar-refractivity contribution < 1.29 is 4.39 Å². The number of halogens is 1. The molecule has 3 rings (SSSR count). The first-order chi connectivity index (χ1) is 10.3. The zero-order valence-electron chi connectivity index (χ0n) is 12.1. The number of aromatic nitrogens is 1. The maximum Gasteiger partial charge on any atom is 0.123 e. The van der Waals surface area contributed by atoms with E-state index in [1.165, 1.54) is 22.7 Å². The standard InChI is InChI=1S/C18H19FN2/c1-2-20-12-17-11-15-7-3-4-9-18(15)21(17)13-14-6-5-8-16(19)10-14/h3-11,20H,2,12-13H2,1H3. The smallest absolute Gasteiger partial charge is 0.123 e. The first-order valence-electron chi connectivity index (χ1n) is 7.30. The monoisotopic (exact) mass is 282 g/mol. The van der Waals surface area contributed by atoms with E-state index in [-0.39, 0.29) is 5.82 Å². The van der Waals surface area contributed by atoms with Gasteiger partial charge in [0.15, 0.2) is 0 Å². The summed E-state index contributed by atoms with van der Waals surface area (Å²) < 4.78 is 15.6. The van der Waals surface area contributed by atoms with Gasteiger partial charge in [-0.3, -0.25) is 0 Å². The molecule has 0 unspecified atom stereocenters. The van der Waals surface area contributed by atoms with E-state index in [4.69, 9.17) is 0 Å². The fraction of sp³-hybridized carbons (Fsp3) is 0.222. The fourth-order valence-corrected chi connectivity index (χ4v) is 2.67. The number of hydrogen-bond donors (Lipinski definition) is 1. The van der Waals surface area contributed by atoms with Gasteiger partial charge < -0.3 is 9.88 Å². The Labute approximate surface area is 124 Å². The van der Waals surface area contributed by atoms with Gasteiger partial charge in [-0.25, -0.2) is 4.39 Å². The van der Waals surface area contributed by atoms with Gasteiger partial charge >= 0.3 is 0 Å². The molecule has 0 bridgehead atoms. The minimum atomic E-state index is -0.183. The minimum absolute atomic E-state index is 0.183. The molecule has 21 heavy (non-hydrogen) atoms. The molecule has 0 aliphatic heterocycles. The lowest BCUT2D eigenvalue weighted by atomic mass is 10.2. The molecule has 0 aliphatic rings. The van der Waals surface area contributed by atoms with Crippen LogP contribution in [-0.2, 0) is 13.1 Å². The van der Waals surface area contributed by atoms with Crippen molar-refractivity contribution in [3.8, 4) is 0 Å². The summed E-state index contributed by atoms with van der Waals surface area (Å²) in [4.78, 5) is 0. The van der Waals surface area contributed by atoms with E-state index < -0.39 is 0 Å². The van der Waals surface area contributed by atoms with Gasteiger partial charge in [0.1, 0.15) is 5.82 Å². The van der Waals surface area contributed by atoms with Crippen LogP contribution in [0.25, 0.3) is 10.9 Å². The second-order valence-corrected chi connectivity index (χ2v) is 5.19. The molecule has 0 amide bonds. The van der Waals surface area contributed by atoms with Crippen molar-refractivity contribution in [3.05, 3.63) is 71.7 Å². The predicted octanol–water partition coefficient (Wildman–Crippen LogP) is 3.94. The van der Waals surface area contributed by atoms with E-state index >= 15 is 0 Å². The summed E-state index contributed by atoms with van der Waals surface area (Å²) in [6.07, 6.45) is 0. The van der Waals surface area contributed by atoms with Crippen LogP contribution < -0.4 is 5.32 Å². The van der Waals surface area contributed by atoms with Crippen molar-refractivity contribution in [1.29, 1.82) is 0 Å². The van der Waals surface area contributed by atoms with Crippen molar-refractivity contribution >= 4 is 10.9 Å². The Kier molecular flexibility index (Phi) is 4.02. The van der Waals surface area contributed by atoms with Gasteiger partial charge in [0.25, 0.3) is 0 Å². The van der Waals surface area contributed by atoms with Crippen molar-refractivity contribution in [1.82, 2.24) is 9.88 Å². The number of nitrogens with zero attached hydrogens (tertiary/aromatic N) is 1. The second kappa shape index (κ2) is 6.10. The molecule has 0 aliphatic carbocycles. The van der Waals surface area contributed by atoms with Gasteiger partial charge in [-0.05, 0) is 41.8 Å². The zero-order chi connectivity index (χ0) is 14.7. The Morgan fingerprint density at radius 2 is 1.90 bits per heavy atom. The number of nitrogens with one attached hydrogen (secondary N) is 1. The third kappa shape index (κ3) is 2.98. The SMILES string of the molecule is CCNCc1cc2ccccc2n1Cc1cccc(F)c1. The molecule has 108 valence electrons. The van der Waals surface area contributed by atoms with Crippen molar-refractivity contribution in [2.75, 3.05) is 6.54 Å². The van der Waals surface area contributed by atoms with Gasteiger partial charge in [0.05, 0.1) is 0 Å². The molecule has 0 fully saturated rings. The van der Waals surface area contributed by atoms with E-state index in [1.54, 1.807) is 12.1 Å². The molecule has 3 aromatic rings. The second-order valence-electron chi connectivity index (χ2n) is 5.19. The lowest BCUT2D eigenvalue weighted by molar-refractivity contribution is 0.621. The number of para-hydroxylation sites is 1. The van der Waals surface area contributed by atoms with Crippen LogP contribution in [0.5, 0.6) is 0 Å². The van der Waals surface area contributed by atoms with E-state index in [0.717, 1.165) is 18.7 Å². The topological polar surface area (TPSA) is 17.0 Å².